The number of fused-ring (bicyclic) bond motifs is 6. The lowest BCUT2D eigenvalue weighted by Crippen LogP contribution is -2.41. The molecular formula is C31H26N2O5. The Bertz CT molecular complexity index is 1540. The zero-order valence-electron chi connectivity index (χ0n) is 20.9. The summed E-state index contributed by atoms with van der Waals surface area (Å²) >= 11 is 0. The SMILES string of the molecule is [C-]#[N+]c1ccc(N2C(=O)[C@@H]3[C@H](C2=O)C2(C)CCC3(C/C=C/C(=O)OCc3ccccc3)O2)c2ccccc12. The molecule has 0 spiro atoms. The summed E-state index contributed by atoms with van der Waals surface area (Å²) < 4.78 is 11.8. The summed E-state index contributed by atoms with van der Waals surface area (Å²) in [6.07, 6.45) is 4.68. The molecule has 0 aliphatic carbocycles. The molecule has 0 N–H and O–H groups in total. The molecule has 190 valence electrons. The molecule has 3 aliphatic heterocycles. The molecule has 0 aromatic heterocycles. The first-order chi connectivity index (χ1) is 18.4. The topological polar surface area (TPSA) is 77.3 Å². The van der Waals surface area contributed by atoms with Gasteiger partial charge in [0.2, 0.25) is 11.8 Å². The maximum Gasteiger partial charge on any atom is 0.330 e. The lowest BCUT2D eigenvalue weighted by molar-refractivity contribution is -0.139. The highest BCUT2D eigenvalue weighted by Gasteiger charge is 2.73. The molecule has 6 rings (SSSR count). The van der Waals surface area contributed by atoms with Gasteiger partial charge in [0.25, 0.3) is 0 Å². The van der Waals surface area contributed by atoms with Crippen LogP contribution in [0.1, 0.15) is 31.7 Å². The van der Waals surface area contributed by atoms with Crippen molar-refractivity contribution in [3.63, 3.8) is 0 Å². The molecule has 3 fully saturated rings. The van der Waals surface area contributed by atoms with Crippen LogP contribution in [0.4, 0.5) is 11.4 Å². The van der Waals surface area contributed by atoms with Crippen LogP contribution >= 0.6 is 0 Å². The van der Waals surface area contributed by atoms with E-state index >= 15 is 0 Å². The Labute approximate surface area is 220 Å². The van der Waals surface area contributed by atoms with Crippen molar-refractivity contribution < 1.29 is 23.9 Å². The fraction of sp³-hybridized carbons (Fsp3) is 0.290. The predicted molar refractivity (Wildman–Crippen MR) is 141 cm³/mol. The summed E-state index contributed by atoms with van der Waals surface area (Å²) in [5.41, 5.74) is 0.257. The van der Waals surface area contributed by atoms with E-state index in [4.69, 9.17) is 16.0 Å². The van der Waals surface area contributed by atoms with Crippen LogP contribution in [0.3, 0.4) is 0 Å². The molecule has 7 heteroatoms. The number of carbonyl (C=O) groups excluding carboxylic acids is 3. The molecule has 3 aliphatic rings. The second kappa shape index (κ2) is 8.93. The minimum Gasteiger partial charge on any atom is -0.458 e. The Morgan fingerprint density at radius 3 is 2.50 bits per heavy atom. The summed E-state index contributed by atoms with van der Waals surface area (Å²) in [6, 6.07) is 20.1. The van der Waals surface area contributed by atoms with E-state index in [0.717, 1.165) is 5.56 Å². The van der Waals surface area contributed by atoms with Crippen molar-refractivity contribution in [1.82, 2.24) is 0 Å². The molecule has 2 unspecified atom stereocenters. The quantitative estimate of drug-likeness (QED) is 0.191. The second-order valence-corrected chi connectivity index (χ2v) is 10.4. The third-order valence-corrected chi connectivity index (χ3v) is 8.19. The zero-order chi connectivity index (χ0) is 26.5. The van der Waals surface area contributed by atoms with Crippen molar-refractivity contribution >= 4 is 39.9 Å². The summed E-state index contributed by atoms with van der Waals surface area (Å²) in [7, 11) is 0. The standard InChI is InChI=1S/C31H26N2O5/c1-30-17-18-31(38-30,16-8-13-25(34)37-19-20-9-4-3-5-10-20)27-26(30)28(35)33(29(27)36)24-15-14-23(32-2)21-11-6-7-12-22(21)24/h3-15,26-27H,16-19H2,1H3/b13-8+/t26-,27+,30?,31?/m1/s1. The lowest BCUT2D eigenvalue weighted by Gasteiger charge is -2.30. The molecule has 2 amide bonds. The summed E-state index contributed by atoms with van der Waals surface area (Å²) in [4.78, 5) is 44.9. The van der Waals surface area contributed by atoms with Crippen LogP contribution in [0.5, 0.6) is 0 Å². The van der Waals surface area contributed by atoms with Gasteiger partial charge >= 0.3 is 5.97 Å². The van der Waals surface area contributed by atoms with Gasteiger partial charge in [-0.3, -0.25) is 9.59 Å². The number of ether oxygens (including phenoxy) is 2. The fourth-order valence-electron chi connectivity index (χ4n) is 6.48. The molecule has 3 aromatic carbocycles. The lowest BCUT2D eigenvalue weighted by atomic mass is 9.67. The van der Waals surface area contributed by atoms with E-state index in [2.05, 4.69) is 4.85 Å². The van der Waals surface area contributed by atoms with E-state index in [0.29, 0.717) is 41.4 Å². The third-order valence-electron chi connectivity index (χ3n) is 8.19. The number of hydrogen-bond donors (Lipinski definition) is 0. The van der Waals surface area contributed by atoms with Crippen LogP contribution in [-0.2, 0) is 30.5 Å². The van der Waals surface area contributed by atoms with Crippen LogP contribution in [0.2, 0.25) is 0 Å². The first kappa shape index (κ1) is 24.1. The maximum atomic E-state index is 13.9. The van der Waals surface area contributed by atoms with Gasteiger partial charge in [-0.15, -0.1) is 0 Å². The summed E-state index contributed by atoms with van der Waals surface area (Å²) in [6.45, 7) is 9.57. The number of imide groups is 1. The molecule has 38 heavy (non-hydrogen) atoms. The Morgan fingerprint density at radius 1 is 1.03 bits per heavy atom. The number of anilines is 1. The van der Waals surface area contributed by atoms with Crippen molar-refractivity contribution in [2.75, 3.05) is 4.90 Å². The van der Waals surface area contributed by atoms with E-state index in [1.807, 2.05) is 61.5 Å². The molecule has 7 nitrogen and oxygen atoms in total. The van der Waals surface area contributed by atoms with Crippen LogP contribution in [0, 0.1) is 18.4 Å². The van der Waals surface area contributed by atoms with Crippen molar-refractivity contribution in [2.45, 2.75) is 44.0 Å². The first-order valence-electron chi connectivity index (χ1n) is 12.7. The van der Waals surface area contributed by atoms with Crippen molar-refractivity contribution in [3.05, 3.63) is 95.9 Å². The van der Waals surface area contributed by atoms with Crippen LogP contribution in [0.15, 0.2) is 78.9 Å². The summed E-state index contributed by atoms with van der Waals surface area (Å²) in [5, 5.41) is 1.39. The van der Waals surface area contributed by atoms with Crippen molar-refractivity contribution in [1.29, 1.82) is 0 Å². The Balaban J connectivity index is 1.26. The van der Waals surface area contributed by atoms with Gasteiger partial charge in [0.1, 0.15) is 6.61 Å². The molecule has 2 bridgehead atoms. The fourth-order valence-corrected chi connectivity index (χ4v) is 6.48. The van der Waals surface area contributed by atoms with E-state index < -0.39 is 29.0 Å². The normalized spacial score (nSPS) is 27.7. The highest BCUT2D eigenvalue weighted by atomic mass is 16.5. The van der Waals surface area contributed by atoms with E-state index in [1.54, 1.807) is 18.2 Å². The van der Waals surface area contributed by atoms with Crippen LogP contribution in [-0.4, -0.2) is 29.0 Å². The molecular weight excluding hydrogens is 480 g/mol. The predicted octanol–water partition coefficient (Wildman–Crippen LogP) is 5.51. The largest absolute Gasteiger partial charge is 0.458 e. The monoisotopic (exact) mass is 506 g/mol. The zero-order valence-corrected chi connectivity index (χ0v) is 20.9. The highest BCUT2D eigenvalue weighted by Crippen LogP contribution is 2.62. The minimum atomic E-state index is -0.858. The second-order valence-electron chi connectivity index (χ2n) is 10.4. The summed E-state index contributed by atoms with van der Waals surface area (Å²) in [5.74, 6) is -2.26. The van der Waals surface area contributed by atoms with E-state index in [-0.39, 0.29) is 18.4 Å². The Hall–Kier alpha value is -4.28. The number of esters is 1. The van der Waals surface area contributed by atoms with Gasteiger partial charge < -0.3 is 9.47 Å². The van der Waals surface area contributed by atoms with Gasteiger partial charge in [-0.1, -0.05) is 66.7 Å². The van der Waals surface area contributed by atoms with Gasteiger partial charge in [-0.25, -0.2) is 14.5 Å². The average molecular weight is 507 g/mol. The number of carbonyl (C=O) groups is 3. The molecule has 0 radical (unpaired) electrons. The smallest absolute Gasteiger partial charge is 0.330 e. The van der Waals surface area contributed by atoms with Crippen LogP contribution < -0.4 is 4.90 Å². The minimum absolute atomic E-state index is 0.177. The van der Waals surface area contributed by atoms with Crippen molar-refractivity contribution in [3.8, 4) is 0 Å². The van der Waals surface area contributed by atoms with Crippen LogP contribution in [0.25, 0.3) is 15.6 Å². The van der Waals surface area contributed by atoms with Gasteiger partial charge in [-0.05, 0) is 48.6 Å². The average Bonchev–Trinajstić information content (AvgIpc) is 3.51. The highest BCUT2D eigenvalue weighted by molar-refractivity contribution is 6.26. The number of benzene rings is 3. The molecule has 3 aromatic rings. The van der Waals surface area contributed by atoms with E-state index in [1.165, 1.54) is 11.0 Å². The van der Waals surface area contributed by atoms with Crippen molar-refractivity contribution in [2.24, 2.45) is 11.8 Å². The first-order valence-corrected chi connectivity index (χ1v) is 12.7. The Kier molecular flexibility index (Phi) is 5.66. The van der Waals surface area contributed by atoms with Gasteiger partial charge in [-0.2, -0.15) is 0 Å². The number of amides is 2. The number of nitrogens with zero attached hydrogens (tertiary/aromatic N) is 2. The maximum absolute atomic E-state index is 13.9. The van der Waals surface area contributed by atoms with E-state index in [9.17, 15) is 14.4 Å². The van der Waals surface area contributed by atoms with Gasteiger partial charge in [0, 0.05) is 6.08 Å². The van der Waals surface area contributed by atoms with Gasteiger partial charge in [0.05, 0.1) is 35.3 Å². The van der Waals surface area contributed by atoms with Gasteiger partial charge in [0.15, 0.2) is 5.69 Å². The molecule has 4 atom stereocenters. The third kappa shape index (κ3) is 3.64. The molecule has 3 saturated heterocycles. The number of hydrogen-bond acceptors (Lipinski definition) is 5. The molecule has 0 saturated carbocycles. The molecule has 3 heterocycles. The Morgan fingerprint density at radius 2 is 1.74 bits per heavy atom. The number of rotatable bonds is 6.